The number of aryl methyl sites for hydroxylation is 1. The van der Waals surface area contributed by atoms with Gasteiger partial charge in [0.15, 0.2) is 0 Å². The SMILES string of the molecule is CCc1ccc(N)cc1S(=O)(=O)NCCNS(C)(=O)=O. The molecular weight excluding hydrogens is 302 g/mol. The Hall–Kier alpha value is -1.16. The van der Waals surface area contributed by atoms with E-state index in [0.29, 0.717) is 17.7 Å². The van der Waals surface area contributed by atoms with Gasteiger partial charge in [-0.1, -0.05) is 13.0 Å². The van der Waals surface area contributed by atoms with Crippen LogP contribution in [0.2, 0.25) is 0 Å². The molecule has 0 fully saturated rings. The van der Waals surface area contributed by atoms with Crippen molar-refractivity contribution in [2.75, 3.05) is 25.1 Å². The third kappa shape index (κ3) is 5.08. The molecule has 7 nitrogen and oxygen atoms in total. The molecule has 0 aliphatic heterocycles. The molecule has 0 unspecified atom stereocenters. The van der Waals surface area contributed by atoms with Gasteiger partial charge in [-0.3, -0.25) is 0 Å². The summed E-state index contributed by atoms with van der Waals surface area (Å²) in [7, 11) is -7.04. The van der Waals surface area contributed by atoms with Crippen LogP contribution in [0, 0.1) is 0 Å². The molecule has 20 heavy (non-hydrogen) atoms. The predicted octanol–water partition coefficient (Wildman–Crippen LogP) is -0.341. The maximum absolute atomic E-state index is 12.1. The number of hydrogen-bond acceptors (Lipinski definition) is 5. The fourth-order valence-corrected chi connectivity index (χ4v) is 3.46. The molecular formula is C11H19N3O4S2. The van der Waals surface area contributed by atoms with Crippen LogP contribution in [0.4, 0.5) is 5.69 Å². The van der Waals surface area contributed by atoms with Crippen molar-refractivity contribution < 1.29 is 16.8 Å². The molecule has 0 aliphatic carbocycles. The minimum atomic E-state index is -3.71. The van der Waals surface area contributed by atoms with E-state index in [-0.39, 0.29) is 18.0 Å². The molecule has 0 saturated heterocycles. The van der Waals surface area contributed by atoms with Crippen LogP contribution in [-0.4, -0.2) is 36.2 Å². The van der Waals surface area contributed by atoms with Crippen molar-refractivity contribution in [2.45, 2.75) is 18.2 Å². The lowest BCUT2D eigenvalue weighted by Crippen LogP contribution is -2.34. The van der Waals surface area contributed by atoms with Crippen LogP contribution in [0.15, 0.2) is 23.1 Å². The molecule has 9 heteroatoms. The highest BCUT2D eigenvalue weighted by atomic mass is 32.2. The standard InChI is InChI=1S/C11H19N3O4S2/c1-3-9-4-5-10(12)8-11(9)20(17,18)14-7-6-13-19(2,15)16/h4-5,8,13-14H,3,6-7,12H2,1-2H3. The predicted molar refractivity (Wildman–Crippen MR) is 78.3 cm³/mol. The van der Waals surface area contributed by atoms with Gasteiger partial charge >= 0.3 is 0 Å². The largest absolute Gasteiger partial charge is 0.399 e. The van der Waals surface area contributed by atoms with Gasteiger partial charge in [-0.2, -0.15) is 0 Å². The van der Waals surface area contributed by atoms with Crippen LogP contribution < -0.4 is 15.2 Å². The minimum absolute atomic E-state index is 0.0121. The summed E-state index contributed by atoms with van der Waals surface area (Å²) in [6.45, 7) is 1.80. The van der Waals surface area contributed by atoms with Crippen LogP contribution in [0.3, 0.4) is 0 Å². The van der Waals surface area contributed by atoms with E-state index in [4.69, 9.17) is 5.73 Å². The molecule has 1 aromatic carbocycles. The lowest BCUT2D eigenvalue weighted by molar-refractivity contribution is 0.572. The Labute approximate surface area is 119 Å². The van der Waals surface area contributed by atoms with Crippen LogP contribution in [0.5, 0.6) is 0 Å². The fourth-order valence-electron chi connectivity index (χ4n) is 1.61. The van der Waals surface area contributed by atoms with Gasteiger partial charge in [0, 0.05) is 18.8 Å². The van der Waals surface area contributed by atoms with Crippen LogP contribution in [0.1, 0.15) is 12.5 Å². The number of sulfonamides is 2. The molecule has 0 amide bonds. The Kier molecular flexibility index (Phi) is 5.51. The summed E-state index contributed by atoms with van der Waals surface area (Å²) in [5.41, 5.74) is 6.62. The summed E-state index contributed by atoms with van der Waals surface area (Å²) >= 11 is 0. The van der Waals surface area contributed by atoms with E-state index in [0.717, 1.165) is 6.26 Å². The van der Waals surface area contributed by atoms with E-state index >= 15 is 0 Å². The van der Waals surface area contributed by atoms with E-state index in [1.165, 1.54) is 6.07 Å². The zero-order valence-electron chi connectivity index (χ0n) is 11.4. The normalized spacial score (nSPS) is 12.5. The van der Waals surface area contributed by atoms with Crippen molar-refractivity contribution in [3.05, 3.63) is 23.8 Å². The van der Waals surface area contributed by atoms with Crippen molar-refractivity contribution in [3.63, 3.8) is 0 Å². The Bertz CT molecular complexity index is 669. The van der Waals surface area contributed by atoms with Crippen LogP contribution in [0.25, 0.3) is 0 Å². The maximum atomic E-state index is 12.1. The molecule has 0 heterocycles. The Morgan fingerprint density at radius 1 is 1.10 bits per heavy atom. The van der Waals surface area contributed by atoms with E-state index < -0.39 is 20.0 Å². The zero-order valence-corrected chi connectivity index (χ0v) is 13.0. The summed E-state index contributed by atoms with van der Waals surface area (Å²) < 4.78 is 50.6. The lowest BCUT2D eigenvalue weighted by Gasteiger charge is -2.11. The first kappa shape index (κ1) is 16.9. The maximum Gasteiger partial charge on any atom is 0.240 e. The van der Waals surface area contributed by atoms with Crippen molar-refractivity contribution in [1.29, 1.82) is 0 Å². The van der Waals surface area contributed by atoms with E-state index in [1.807, 2.05) is 6.92 Å². The quantitative estimate of drug-likeness (QED) is 0.469. The molecule has 0 atom stereocenters. The second-order valence-electron chi connectivity index (χ2n) is 4.28. The first-order chi connectivity index (χ1) is 9.15. The molecule has 0 radical (unpaired) electrons. The number of hydrogen-bond donors (Lipinski definition) is 3. The molecule has 0 saturated carbocycles. The first-order valence-corrected chi connectivity index (χ1v) is 9.36. The summed E-state index contributed by atoms with van der Waals surface area (Å²) in [4.78, 5) is 0.124. The van der Waals surface area contributed by atoms with Gasteiger partial charge in [0.2, 0.25) is 20.0 Å². The van der Waals surface area contributed by atoms with Crippen molar-refractivity contribution in [1.82, 2.24) is 9.44 Å². The molecule has 0 aromatic heterocycles. The number of anilines is 1. The molecule has 1 rings (SSSR count). The highest BCUT2D eigenvalue weighted by molar-refractivity contribution is 7.89. The number of rotatable bonds is 7. The summed E-state index contributed by atoms with van der Waals surface area (Å²) in [5.74, 6) is 0. The second-order valence-corrected chi connectivity index (χ2v) is 7.85. The van der Waals surface area contributed by atoms with Gasteiger partial charge < -0.3 is 5.73 Å². The highest BCUT2D eigenvalue weighted by Crippen LogP contribution is 2.19. The molecule has 0 bridgehead atoms. The summed E-state index contributed by atoms with van der Waals surface area (Å²) in [6, 6.07) is 4.70. The van der Waals surface area contributed by atoms with Gasteiger partial charge in [-0.15, -0.1) is 0 Å². The smallest absolute Gasteiger partial charge is 0.240 e. The molecule has 0 spiro atoms. The fraction of sp³-hybridized carbons (Fsp3) is 0.455. The summed E-state index contributed by atoms with van der Waals surface area (Å²) in [5, 5.41) is 0. The van der Waals surface area contributed by atoms with E-state index in [1.54, 1.807) is 12.1 Å². The Morgan fingerprint density at radius 3 is 2.25 bits per heavy atom. The number of benzene rings is 1. The Morgan fingerprint density at radius 2 is 1.70 bits per heavy atom. The third-order valence-electron chi connectivity index (χ3n) is 2.54. The average Bonchev–Trinajstić information content (AvgIpc) is 2.33. The van der Waals surface area contributed by atoms with Crippen molar-refractivity contribution in [3.8, 4) is 0 Å². The molecule has 4 N–H and O–H groups in total. The highest BCUT2D eigenvalue weighted by Gasteiger charge is 2.17. The number of nitrogens with two attached hydrogens (primary N) is 1. The average molecular weight is 321 g/mol. The van der Waals surface area contributed by atoms with Crippen molar-refractivity contribution in [2.24, 2.45) is 0 Å². The monoisotopic (exact) mass is 321 g/mol. The Balaban J connectivity index is 2.81. The van der Waals surface area contributed by atoms with Gasteiger partial charge in [0.05, 0.1) is 11.2 Å². The van der Waals surface area contributed by atoms with E-state index in [9.17, 15) is 16.8 Å². The molecule has 114 valence electrons. The summed E-state index contributed by atoms with van der Waals surface area (Å²) in [6.07, 6.45) is 1.56. The van der Waals surface area contributed by atoms with E-state index in [2.05, 4.69) is 9.44 Å². The van der Waals surface area contributed by atoms with Gasteiger partial charge in [-0.05, 0) is 24.1 Å². The van der Waals surface area contributed by atoms with Crippen LogP contribution >= 0.6 is 0 Å². The van der Waals surface area contributed by atoms with Gasteiger partial charge in [-0.25, -0.2) is 26.3 Å². The number of nitrogen functional groups attached to an aromatic ring is 1. The molecule has 1 aromatic rings. The lowest BCUT2D eigenvalue weighted by atomic mass is 10.1. The third-order valence-corrected chi connectivity index (χ3v) is 4.81. The first-order valence-electron chi connectivity index (χ1n) is 5.98. The molecule has 0 aliphatic rings. The minimum Gasteiger partial charge on any atom is -0.399 e. The second kappa shape index (κ2) is 6.53. The van der Waals surface area contributed by atoms with Gasteiger partial charge in [0.1, 0.15) is 0 Å². The number of nitrogens with one attached hydrogen (secondary N) is 2. The zero-order chi connectivity index (χ0) is 15.4. The van der Waals surface area contributed by atoms with Gasteiger partial charge in [0.25, 0.3) is 0 Å². The van der Waals surface area contributed by atoms with Crippen molar-refractivity contribution >= 4 is 25.7 Å². The van der Waals surface area contributed by atoms with Crippen LogP contribution in [-0.2, 0) is 26.5 Å². The topological polar surface area (TPSA) is 118 Å².